The van der Waals surface area contributed by atoms with Crippen LogP contribution < -0.4 is 14.8 Å². The number of anilines is 1. The average molecular weight is 312 g/mol. The third kappa shape index (κ3) is 5.56. The highest BCUT2D eigenvalue weighted by atomic mass is 35.5. The highest BCUT2D eigenvalue weighted by molar-refractivity contribution is 6.29. The monoisotopic (exact) mass is 311 g/mol. The Bertz CT molecular complexity index is 466. The van der Waals surface area contributed by atoms with Crippen LogP contribution in [0.15, 0.2) is 18.2 Å². The molecule has 8 heteroatoms. The number of methoxy groups -OCH3 is 1. The van der Waals surface area contributed by atoms with Crippen LogP contribution in [0.2, 0.25) is 0 Å². The fourth-order valence-corrected chi connectivity index (χ4v) is 1.39. The molecule has 0 atom stereocenters. The molecule has 0 heterocycles. The van der Waals surface area contributed by atoms with Crippen LogP contribution >= 0.6 is 11.6 Å². The van der Waals surface area contributed by atoms with E-state index in [-0.39, 0.29) is 17.3 Å². The average Bonchev–Trinajstić information content (AvgIpc) is 2.38. The Kier molecular flexibility index (Phi) is 5.94. The summed E-state index contributed by atoms with van der Waals surface area (Å²) in [6, 6.07) is 4.37. The van der Waals surface area contributed by atoms with Crippen LogP contribution in [0, 0.1) is 0 Å². The number of nitrogens with one attached hydrogen (secondary N) is 1. The maximum Gasteiger partial charge on any atom is 0.392 e. The molecule has 0 bridgehead atoms. The normalized spacial score (nSPS) is 11.1. The zero-order valence-electron chi connectivity index (χ0n) is 10.6. The summed E-state index contributed by atoms with van der Waals surface area (Å²) < 4.78 is 46.2. The van der Waals surface area contributed by atoms with Gasteiger partial charge in [0.25, 0.3) is 0 Å². The number of halogens is 4. The highest BCUT2D eigenvalue weighted by Crippen LogP contribution is 2.30. The Morgan fingerprint density at radius 2 is 2.10 bits per heavy atom. The number of hydrogen-bond acceptors (Lipinski definition) is 3. The van der Waals surface area contributed by atoms with Crippen LogP contribution in [0.5, 0.6) is 11.5 Å². The van der Waals surface area contributed by atoms with Crippen LogP contribution in [0.1, 0.15) is 6.42 Å². The van der Waals surface area contributed by atoms with Gasteiger partial charge >= 0.3 is 6.18 Å². The van der Waals surface area contributed by atoms with Gasteiger partial charge in [-0.05, 0) is 12.1 Å². The second-order valence-corrected chi connectivity index (χ2v) is 4.02. The van der Waals surface area contributed by atoms with Crippen LogP contribution in [-0.2, 0) is 4.79 Å². The van der Waals surface area contributed by atoms with Gasteiger partial charge in [-0.15, -0.1) is 11.6 Å². The number of amides is 1. The third-order valence-corrected chi connectivity index (χ3v) is 2.47. The molecule has 0 saturated carbocycles. The molecule has 4 nitrogen and oxygen atoms in total. The quantitative estimate of drug-likeness (QED) is 0.821. The van der Waals surface area contributed by atoms with Gasteiger partial charge in [-0.2, -0.15) is 13.2 Å². The summed E-state index contributed by atoms with van der Waals surface area (Å²) in [5, 5.41) is 2.43. The maximum atomic E-state index is 12.1. The van der Waals surface area contributed by atoms with Gasteiger partial charge in [0.15, 0.2) is 0 Å². The van der Waals surface area contributed by atoms with E-state index in [4.69, 9.17) is 21.1 Å². The van der Waals surface area contributed by atoms with Crippen LogP contribution in [0.4, 0.5) is 18.9 Å². The molecule has 1 amide bonds. The van der Waals surface area contributed by atoms with Crippen molar-refractivity contribution in [1.82, 2.24) is 0 Å². The van der Waals surface area contributed by atoms with Crippen molar-refractivity contribution in [1.29, 1.82) is 0 Å². The molecule has 1 N–H and O–H groups in total. The van der Waals surface area contributed by atoms with Gasteiger partial charge in [-0.25, -0.2) is 0 Å². The van der Waals surface area contributed by atoms with Gasteiger partial charge in [0, 0.05) is 6.07 Å². The largest absolute Gasteiger partial charge is 0.497 e. The molecule has 0 radical (unpaired) electrons. The van der Waals surface area contributed by atoms with Gasteiger partial charge in [-0.1, -0.05) is 0 Å². The van der Waals surface area contributed by atoms with E-state index >= 15 is 0 Å². The van der Waals surface area contributed by atoms with Crippen LogP contribution in [0.3, 0.4) is 0 Å². The number of carbonyl (C=O) groups excluding carboxylic acids is 1. The fourth-order valence-electron chi connectivity index (χ4n) is 1.32. The van der Waals surface area contributed by atoms with Crippen LogP contribution in [0.25, 0.3) is 0 Å². The molecule has 0 unspecified atom stereocenters. The zero-order chi connectivity index (χ0) is 15.2. The number of rotatable bonds is 6. The third-order valence-electron chi connectivity index (χ3n) is 2.23. The minimum absolute atomic E-state index is 0.119. The summed E-state index contributed by atoms with van der Waals surface area (Å²) >= 11 is 5.36. The van der Waals surface area contributed by atoms with E-state index in [2.05, 4.69) is 5.32 Å². The number of alkyl halides is 4. The molecule has 1 aromatic rings. The highest BCUT2D eigenvalue weighted by Gasteiger charge is 2.27. The molecule has 112 valence electrons. The SMILES string of the molecule is COc1ccc(OCCC(F)(F)F)c(NC(=O)CCl)c1. The predicted molar refractivity (Wildman–Crippen MR) is 68.5 cm³/mol. The molecular formula is C12H13ClF3NO3. The molecule has 0 aliphatic rings. The molecule has 0 aliphatic carbocycles. The van der Waals surface area contributed by atoms with Crippen molar-refractivity contribution >= 4 is 23.2 Å². The lowest BCUT2D eigenvalue weighted by molar-refractivity contribution is -0.139. The van der Waals surface area contributed by atoms with Crippen molar-refractivity contribution in [2.75, 3.05) is 24.9 Å². The van der Waals surface area contributed by atoms with Crippen molar-refractivity contribution < 1.29 is 27.4 Å². The zero-order valence-corrected chi connectivity index (χ0v) is 11.3. The minimum Gasteiger partial charge on any atom is -0.497 e. The molecule has 20 heavy (non-hydrogen) atoms. The summed E-state index contributed by atoms with van der Waals surface area (Å²) in [4.78, 5) is 11.2. The van der Waals surface area contributed by atoms with E-state index in [1.54, 1.807) is 0 Å². The molecule has 0 aromatic heterocycles. The number of hydrogen-bond donors (Lipinski definition) is 1. The predicted octanol–water partition coefficient (Wildman–Crippen LogP) is 3.20. The lowest BCUT2D eigenvalue weighted by Gasteiger charge is -2.14. The fraction of sp³-hybridized carbons (Fsp3) is 0.417. The summed E-state index contributed by atoms with van der Waals surface area (Å²) in [7, 11) is 1.42. The minimum atomic E-state index is -4.30. The number of carbonyl (C=O) groups is 1. The smallest absolute Gasteiger partial charge is 0.392 e. The summed E-state index contributed by atoms with van der Waals surface area (Å²) in [6.45, 7) is -0.542. The van der Waals surface area contributed by atoms with Crippen LogP contribution in [-0.4, -0.2) is 31.7 Å². The van der Waals surface area contributed by atoms with Crippen molar-refractivity contribution in [2.45, 2.75) is 12.6 Å². The van der Waals surface area contributed by atoms with E-state index in [0.29, 0.717) is 5.75 Å². The second-order valence-electron chi connectivity index (χ2n) is 3.76. The van der Waals surface area contributed by atoms with E-state index < -0.39 is 25.1 Å². The Balaban J connectivity index is 2.80. The van der Waals surface area contributed by atoms with E-state index in [9.17, 15) is 18.0 Å². The van der Waals surface area contributed by atoms with Gasteiger partial charge in [0.2, 0.25) is 5.91 Å². The lowest BCUT2D eigenvalue weighted by atomic mass is 10.2. The maximum absolute atomic E-state index is 12.1. The van der Waals surface area contributed by atoms with E-state index in [0.717, 1.165) is 0 Å². The standard InChI is InChI=1S/C12H13ClF3NO3/c1-19-8-2-3-10(20-5-4-12(14,15)16)9(6-8)17-11(18)7-13/h2-3,6H,4-5,7H2,1H3,(H,17,18). The molecule has 0 fully saturated rings. The first-order valence-electron chi connectivity index (χ1n) is 5.59. The first-order chi connectivity index (χ1) is 9.35. The van der Waals surface area contributed by atoms with E-state index in [1.165, 1.54) is 25.3 Å². The van der Waals surface area contributed by atoms with Gasteiger partial charge < -0.3 is 14.8 Å². The molecule has 0 aliphatic heterocycles. The van der Waals surface area contributed by atoms with Gasteiger partial charge in [0.05, 0.1) is 25.8 Å². The van der Waals surface area contributed by atoms with Crippen molar-refractivity contribution in [3.63, 3.8) is 0 Å². The van der Waals surface area contributed by atoms with Crippen molar-refractivity contribution in [3.05, 3.63) is 18.2 Å². The second kappa shape index (κ2) is 7.23. The summed E-state index contributed by atoms with van der Waals surface area (Å²) in [5.41, 5.74) is 0.206. The Morgan fingerprint density at radius 1 is 1.40 bits per heavy atom. The molecule has 0 spiro atoms. The van der Waals surface area contributed by atoms with E-state index in [1.807, 2.05) is 0 Å². The number of benzene rings is 1. The lowest BCUT2D eigenvalue weighted by Crippen LogP contribution is -2.16. The van der Waals surface area contributed by atoms with Crippen molar-refractivity contribution in [2.24, 2.45) is 0 Å². The Hall–Kier alpha value is -1.63. The first kappa shape index (κ1) is 16.4. The first-order valence-corrected chi connectivity index (χ1v) is 6.12. The topological polar surface area (TPSA) is 47.6 Å². The van der Waals surface area contributed by atoms with Gasteiger partial charge in [0.1, 0.15) is 17.4 Å². The molecule has 1 rings (SSSR count). The number of ether oxygens (including phenoxy) is 2. The summed E-state index contributed by atoms with van der Waals surface area (Å²) in [5.74, 6) is -0.230. The Morgan fingerprint density at radius 3 is 2.65 bits per heavy atom. The van der Waals surface area contributed by atoms with Crippen molar-refractivity contribution in [3.8, 4) is 11.5 Å². The molecular weight excluding hydrogens is 299 g/mol. The van der Waals surface area contributed by atoms with Gasteiger partial charge in [-0.3, -0.25) is 4.79 Å². The molecule has 0 saturated heterocycles. The summed E-state index contributed by atoms with van der Waals surface area (Å²) in [6.07, 6.45) is -5.38. The molecule has 1 aromatic carbocycles. The Labute approximate surface area is 118 Å².